The molecule has 2 atom stereocenters. The molecular formula is C29H26ClN3O3. The molecule has 1 fully saturated rings. The fraction of sp³-hybridized carbons (Fsp3) is 0.241. The van der Waals surface area contributed by atoms with Gasteiger partial charge in [-0.25, -0.2) is 0 Å². The number of aromatic nitrogens is 1. The van der Waals surface area contributed by atoms with Gasteiger partial charge in [0.1, 0.15) is 11.8 Å². The van der Waals surface area contributed by atoms with Crippen LogP contribution in [0.2, 0.25) is 5.02 Å². The van der Waals surface area contributed by atoms with E-state index in [0.717, 1.165) is 39.0 Å². The average Bonchev–Trinajstić information content (AvgIpc) is 3.27. The van der Waals surface area contributed by atoms with Crippen molar-refractivity contribution in [3.8, 4) is 5.75 Å². The van der Waals surface area contributed by atoms with Gasteiger partial charge < -0.3 is 19.5 Å². The van der Waals surface area contributed by atoms with Gasteiger partial charge in [-0.05, 0) is 53.4 Å². The lowest BCUT2D eigenvalue weighted by Crippen LogP contribution is -2.63. The van der Waals surface area contributed by atoms with Crippen molar-refractivity contribution in [3.63, 3.8) is 0 Å². The predicted molar refractivity (Wildman–Crippen MR) is 139 cm³/mol. The Labute approximate surface area is 214 Å². The summed E-state index contributed by atoms with van der Waals surface area (Å²) in [5.74, 6) is 0.733. The second-order valence-electron chi connectivity index (χ2n) is 9.40. The first-order chi connectivity index (χ1) is 17.5. The Morgan fingerprint density at radius 3 is 2.61 bits per heavy atom. The minimum atomic E-state index is -0.558. The maximum atomic E-state index is 13.8. The predicted octanol–water partition coefficient (Wildman–Crippen LogP) is 4.76. The SMILES string of the molecule is COc1ccc(CCN2CC(=O)N3C(c4cccc(Cl)c4)c4[nH]c5ccccc5c4C[C@H]3C2=O)cc1. The van der Waals surface area contributed by atoms with Crippen molar-refractivity contribution in [1.82, 2.24) is 14.8 Å². The molecule has 1 saturated heterocycles. The molecule has 1 unspecified atom stereocenters. The van der Waals surface area contributed by atoms with E-state index in [1.165, 1.54) is 0 Å². The van der Waals surface area contributed by atoms with Crippen LogP contribution in [0.5, 0.6) is 5.75 Å². The monoisotopic (exact) mass is 499 g/mol. The van der Waals surface area contributed by atoms with Crippen LogP contribution in [0.1, 0.15) is 28.4 Å². The van der Waals surface area contributed by atoms with E-state index >= 15 is 0 Å². The molecule has 0 bridgehead atoms. The Morgan fingerprint density at radius 2 is 1.83 bits per heavy atom. The number of fused-ring (bicyclic) bond motifs is 4. The van der Waals surface area contributed by atoms with Gasteiger partial charge in [-0.2, -0.15) is 0 Å². The number of amides is 2. The fourth-order valence-electron chi connectivity index (χ4n) is 5.59. The summed E-state index contributed by atoms with van der Waals surface area (Å²) in [6.07, 6.45) is 1.16. The van der Waals surface area contributed by atoms with Crippen molar-refractivity contribution >= 4 is 34.3 Å². The summed E-state index contributed by atoms with van der Waals surface area (Å²) in [6, 6.07) is 22.5. The molecule has 6 nitrogen and oxygen atoms in total. The lowest BCUT2D eigenvalue weighted by molar-refractivity contribution is -0.158. The number of piperazine rings is 1. The number of halogens is 1. The van der Waals surface area contributed by atoms with Crippen molar-refractivity contribution in [2.24, 2.45) is 0 Å². The quantitative estimate of drug-likeness (QED) is 0.430. The van der Waals surface area contributed by atoms with Gasteiger partial charge in [-0.1, -0.05) is 54.1 Å². The molecule has 2 aliphatic rings. The van der Waals surface area contributed by atoms with Gasteiger partial charge in [0.2, 0.25) is 11.8 Å². The van der Waals surface area contributed by atoms with E-state index in [9.17, 15) is 9.59 Å². The van der Waals surface area contributed by atoms with Crippen molar-refractivity contribution in [3.05, 3.63) is 100 Å². The maximum absolute atomic E-state index is 13.8. The second kappa shape index (κ2) is 9.03. The van der Waals surface area contributed by atoms with Crippen LogP contribution in [0.25, 0.3) is 10.9 Å². The molecule has 3 aromatic carbocycles. The summed E-state index contributed by atoms with van der Waals surface area (Å²) in [7, 11) is 1.64. The van der Waals surface area contributed by atoms with Crippen LogP contribution in [0.4, 0.5) is 0 Å². The number of methoxy groups -OCH3 is 1. The number of hydrogen-bond acceptors (Lipinski definition) is 3. The molecule has 0 aliphatic carbocycles. The molecule has 4 aromatic rings. The Morgan fingerprint density at radius 1 is 1.03 bits per heavy atom. The normalized spacial score (nSPS) is 19.4. The van der Waals surface area contributed by atoms with E-state index in [4.69, 9.17) is 16.3 Å². The highest BCUT2D eigenvalue weighted by Crippen LogP contribution is 2.42. The zero-order chi connectivity index (χ0) is 24.8. The summed E-state index contributed by atoms with van der Waals surface area (Å²) >= 11 is 6.36. The zero-order valence-electron chi connectivity index (χ0n) is 19.9. The van der Waals surface area contributed by atoms with Crippen molar-refractivity contribution in [2.75, 3.05) is 20.2 Å². The highest BCUT2D eigenvalue weighted by atomic mass is 35.5. The lowest BCUT2D eigenvalue weighted by Gasteiger charge is -2.47. The molecule has 6 rings (SSSR count). The van der Waals surface area contributed by atoms with Crippen LogP contribution in [0.3, 0.4) is 0 Å². The van der Waals surface area contributed by atoms with E-state index in [0.29, 0.717) is 24.4 Å². The molecule has 0 radical (unpaired) electrons. The summed E-state index contributed by atoms with van der Waals surface area (Å²) in [5, 5.41) is 1.69. The largest absolute Gasteiger partial charge is 0.497 e. The van der Waals surface area contributed by atoms with Crippen LogP contribution < -0.4 is 4.74 Å². The minimum absolute atomic E-state index is 0.00827. The number of ether oxygens (including phenoxy) is 1. The zero-order valence-corrected chi connectivity index (χ0v) is 20.7. The topological polar surface area (TPSA) is 65.6 Å². The van der Waals surface area contributed by atoms with Gasteiger partial charge in [-0.3, -0.25) is 9.59 Å². The van der Waals surface area contributed by atoms with Crippen molar-refractivity contribution < 1.29 is 14.3 Å². The molecule has 36 heavy (non-hydrogen) atoms. The molecule has 1 aromatic heterocycles. The third-order valence-electron chi connectivity index (χ3n) is 7.34. The average molecular weight is 500 g/mol. The number of nitrogens with one attached hydrogen (secondary N) is 1. The molecule has 7 heteroatoms. The number of nitrogens with zero attached hydrogens (tertiary/aromatic N) is 2. The molecule has 0 saturated carbocycles. The summed E-state index contributed by atoms with van der Waals surface area (Å²) in [5.41, 5.74) is 5.05. The fourth-order valence-corrected chi connectivity index (χ4v) is 5.79. The van der Waals surface area contributed by atoms with Gasteiger partial charge >= 0.3 is 0 Å². The van der Waals surface area contributed by atoms with Crippen LogP contribution >= 0.6 is 11.6 Å². The van der Waals surface area contributed by atoms with Gasteiger partial charge in [0.05, 0.1) is 19.7 Å². The third kappa shape index (κ3) is 3.82. The van der Waals surface area contributed by atoms with E-state index in [1.54, 1.807) is 16.9 Å². The Balaban J connectivity index is 1.36. The number of carbonyl (C=O) groups is 2. The van der Waals surface area contributed by atoms with E-state index < -0.39 is 12.1 Å². The van der Waals surface area contributed by atoms with Crippen LogP contribution in [-0.2, 0) is 22.4 Å². The van der Waals surface area contributed by atoms with Crippen LogP contribution in [0, 0.1) is 0 Å². The molecule has 2 amide bonds. The smallest absolute Gasteiger partial charge is 0.246 e. The van der Waals surface area contributed by atoms with Gasteiger partial charge in [0.15, 0.2) is 0 Å². The van der Waals surface area contributed by atoms with Crippen LogP contribution in [-0.4, -0.2) is 52.8 Å². The first-order valence-corrected chi connectivity index (χ1v) is 12.5. The third-order valence-corrected chi connectivity index (χ3v) is 7.57. The summed E-state index contributed by atoms with van der Waals surface area (Å²) in [6.45, 7) is 0.557. The first kappa shape index (κ1) is 22.7. The maximum Gasteiger partial charge on any atom is 0.246 e. The summed E-state index contributed by atoms with van der Waals surface area (Å²) < 4.78 is 5.23. The molecule has 2 aliphatic heterocycles. The number of H-pyrrole nitrogens is 1. The number of para-hydroxylation sites is 1. The standard InChI is InChI=1S/C29H26ClN3O3/c1-36-21-11-9-18(10-12-21)13-14-32-17-26(34)33-25(29(32)35)16-23-22-7-2-3-8-24(22)31-27(23)28(33)19-5-4-6-20(30)15-19/h2-12,15,25,28,31H,13-14,16-17H2,1H3/t25-,28?/m0/s1. The van der Waals surface area contributed by atoms with Crippen LogP contribution in [0.15, 0.2) is 72.8 Å². The van der Waals surface area contributed by atoms with E-state index in [1.807, 2.05) is 66.7 Å². The second-order valence-corrected chi connectivity index (χ2v) is 9.84. The first-order valence-electron chi connectivity index (χ1n) is 12.1. The molecule has 182 valence electrons. The van der Waals surface area contributed by atoms with Gasteiger partial charge in [0.25, 0.3) is 0 Å². The van der Waals surface area contributed by atoms with E-state index in [2.05, 4.69) is 11.1 Å². The highest BCUT2D eigenvalue weighted by Gasteiger charge is 2.48. The molecule has 0 spiro atoms. The number of hydrogen-bond donors (Lipinski definition) is 1. The Kier molecular flexibility index (Phi) is 5.69. The number of benzene rings is 3. The number of carbonyl (C=O) groups excluding carboxylic acids is 2. The van der Waals surface area contributed by atoms with Crippen molar-refractivity contribution in [2.45, 2.75) is 24.9 Å². The van der Waals surface area contributed by atoms with Gasteiger partial charge in [-0.15, -0.1) is 0 Å². The minimum Gasteiger partial charge on any atom is -0.497 e. The Hall–Kier alpha value is -3.77. The Bertz CT molecular complexity index is 1460. The number of rotatable bonds is 5. The molecular weight excluding hydrogens is 474 g/mol. The molecule has 3 heterocycles. The van der Waals surface area contributed by atoms with Crippen molar-refractivity contribution in [1.29, 1.82) is 0 Å². The lowest BCUT2D eigenvalue weighted by atomic mass is 9.86. The number of aromatic amines is 1. The molecule has 1 N–H and O–H groups in total. The van der Waals surface area contributed by atoms with E-state index in [-0.39, 0.29) is 18.4 Å². The summed E-state index contributed by atoms with van der Waals surface area (Å²) in [4.78, 5) is 34.5. The van der Waals surface area contributed by atoms with Gasteiger partial charge in [0, 0.05) is 34.6 Å². The highest BCUT2D eigenvalue weighted by molar-refractivity contribution is 6.30.